The Morgan fingerprint density at radius 1 is 1.08 bits per heavy atom. The first kappa shape index (κ1) is 18.3. The van der Waals surface area contributed by atoms with Crippen molar-refractivity contribution in [2.45, 2.75) is 25.3 Å². The molecular formula is C21H28N4O. The van der Waals surface area contributed by atoms with Gasteiger partial charge >= 0.3 is 0 Å². The molecule has 138 valence electrons. The molecule has 0 bridgehead atoms. The number of methoxy groups -OCH3 is 1. The lowest BCUT2D eigenvalue weighted by Crippen LogP contribution is -2.36. The van der Waals surface area contributed by atoms with Gasteiger partial charge in [-0.1, -0.05) is 36.8 Å². The number of nitrogens with zero attached hydrogens (tertiary/aromatic N) is 2. The van der Waals surface area contributed by atoms with Gasteiger partial charge in [0.15, 0.2) is 5.96 Å². The van der Waals surface area contributed by atoms with E-state index in [4.69, 9.17) is 10.5 Å². The molecule has 1 unspecified atom stereocenters. The topological polar surface area (TPSA) is 62.9 Å². The molecule has 1 heterocycles. The Bertz CT molecular complexity index is 694. The van der Waals surface area contributed by atoms with Crippen LogP contribution in [0.15, 0.2) is 59.6 Å². The van der Waals surface area contributed by atoms with E-state index in [0.29, 0.717) is 12.5 Å². The molecule has 1 aliphatic rings. The highest BCUT2D eigenvalue weighted by atomic mass is 16.5. The van der Waals surface area contributed by atoms with E-state index in [1.807, 2.05) is 42.5 Å². The number of anilines is 1. The summed E-state index contributed by atoms with van der Waals surface area (Å²) in [4.78, 5) is 7.14. The second kappa shape index (κ2) is 9.25. The molecule has 0 saturated carbocycles. The molecule has 0 spiro atoms. The predicted octanol–water partition coefficient (Wildman–Crippen LogP) is 3.65. The van der Waals surface area contributed by atoms with Gasteiger partial charge in [0, 0.05) is 5.69 Å². The van der Waals surface area contributed by atoms with E-state index < -0.39 is 0 Å². The molecule has 0 radical (unpaired) electrons. The van der Waals surface area contributed by atoms with Crippen LogP contribution in [0.25, 0.3) is 0 Å². The standard InChI is InChI=1S/C21H28N4O/c1-26-19-12-10-17(11-13-19)20(25-14-6-3-7-15-25)16-23-21(22)24-18-8-4-2-5-9-18/h2,4-5,8-13,20H,3,6-7,14-16H2,1H3,(H3,22,23,24). The lowest BCUT2D eigenvalue weighted by atomic mass is 10.0. The van der Waals surface area contributed by atoms with Gasteiger partial charge in [-0.2, -0.15) is 0 Å². The van der Waals surface area contributed by atoms with Gasteiger partial charge in [0.25, 0.3) is 0 Å². The minimum atomic E-state index is 0.234. The third-order valence-corrected chi connectivity index (χ3v) is 4.81. The molecule has 2 aromatic rings. The normalized spacial score (nSPS) is 16.9. The van der Waals surface area contributed by atoms with E-state index in [1.54, 1.807) is 7.11 Å². The number of ether oxygens (including phenoxy) is 1. The Hall–Kier alpha value is -2.53. The fourth-order valence-electron chi connectivity index (χ4n) is 3.38. The Labute approximate surface area is 155 Å². The Balaban J connectivity index is 1.73. The SMILES string of the molecule is COc1ccc(C(CN=C(N)Nc2ccccc2)N2CCCCC2)cc1. The van der Waals surface area contributed by atoms with Gasteiger partial charge in [0.2, 0.25) is 0 Å². The van der Waals surface area contributed by atoms with Gasteiger partial charge in [-0.05, 0) is 55.8 Å². The maximum absolute atomic E-state index is 6.11. The zero-order chi connectivity index (χ0) is 18.2. The summed E-state index contributed by atoms with van der Waals surface area (Å²) in [6.07, 6.45) is 3.80. The zero-order valence-corrected chi connectivity index (χ0v) is 15.4. The van der Waals surface area contributed by atoms with Crippen molar-refractivity contribution < 1.29 is 4.74 Å². The van der Waals surface area contributed by atoms with Gasteiger partial charge in [0.05, 0.1) is 19.7 Å². The number of nitrogens with two attached hydrogens (primary N) is 1. The summed E-state index contributed by atoms with van der Waals surface area (Å²) in [5.74, 6) is 1.33. The average Bonchev–Trinajstić information content (AvgIpc) is 2.70. The molecule has 1 saturated heterocycles. The maximum Gasteiger partial charge on any atom is 0.193 e. The second-order valence-electron chi connectivity index (χ2n) is 6.60. The number of piperidine rings is 1. The van der Waals surface area contributed by atoms with Gasteiger partial charge in [0.1, 0.15) is 5.75 Å². The smallest absolute Gasteiger partial charge is 0.193 e. The van der Waals surface area contributed by atoms with Crippen molar-refractivity contribution in [3.63, 3.8) is 0 Å². The van der Waals surface area contributed by atoms with Gasteiger partial charge in [-0.15, -0.1) is 0 Å². The van der Waals surface area contributed by atoms with Gasteiger partial charge in [-0.25, -0.2) is 0 Å². The molecule has 5 heteroatoms. The van der Waals surface area contributed by atoms with Crippen LogP contribution in [0.5, 0.6) is 5.75 Å². The molecule has 0 aromatic heterocycles. The van der Waals surface area contributed by atoms with Crippen LogP contribution in [0.2, 0.25) is 0 Å². The number of benzene rings is 2. The average molecular weight is 352 g/mol. The van der Waals surface area contributed by atoms with Crippen molar-refractivity contribution in [1.82, 2.24) is 4.90 Å². The molecule has 3 rings (SSSR count). The second-order valence-corrected chi connectivity index (χ2v) is 6.60. The first-order chi connectivity index (χ1) is 12.8. The monoisotopic (exact) mass is 352 g/mol. The number of likely N-dealkylation sites (tertiary alicyclic amines) is 1. The minimum Gasteiger partial charge on any atom is -0.497 e. The van der Waals surface area contributed by atoms with Crippen molar-refractivity contribution >= 4 is 11.6 Å². The van der Waals surface area contributed by atoms with Crippen LogP contribution in [-0.4, -0.2) is 37.6 Å². The summed E-state index contributed by atoms with van der Waals surface area (Å²) in [7, 11) is 1.69. The highest BCUT2D eigenvalue weighted by Gasteiger charge is 2.22. The van der Waals surface area contributed by atoms with Gasteiger partial charge < -0.3 is 15.8 Å². The van der Waals surface area contributed by atoms with Crippen molar-refractivity contribution in [1.29, 1.82) is 0 Å². The molecule has 0 amide bonds. The number of hydrogen-bond donors (Lipinski definition) is 2. The van der Waals surface area contributed by atoms with Crippen molar-refractivity contribution in [3.8, 4) is 5.75 Å². The van der Waals surface area contributed by atoms with Crippen molar-refractivity contribution in [2.75, 3.05) is 32.1 Å². The summed E-state index contributed by atoms with van der Waals surface area (Å²) >= 11 is 0. The Kier molecular flexibility index (Phi) is 6.50. The zero-order valence-electron chi connectivity index (χ0n) is 15.4. The van der Waals surface area contributed by atoms with Crippen LogP contribution in [0.1, 0.15) is 30.9 Å². The Morgan fingerprint density at radius 2 is 1.77 bits per heavy atom. The van der Waals surface area contributed by atoms with E-state index in [0.717, 1.165) is 24.5 Å². The molecule has 1 fully saturated rings. The van der Waals surface area contributed by atoms with E-state index in [9.17, 15) is 0 Å². The van der Waals surface area contributed by atoms with E-state index in [1.165, 1.54) is 24.8 Å². The molecular weight excluding hydrogens is 324 g/mol. The van der Waals surface area contributed by atoms with Crippen LogP contribution in [0.3, 0.4) is 0 Å². The third kappa shape index (κ3) is 4.99. The summed E-state index contributed by atoms with van der Waals surface area (Å²) in [6.45, 7) is 2.86. The molecule has 3 N–H and O–H groups in total. The fraction of sp³-hybridized carbons (Fsp3) is 0.381. The van der Waals surface area contributed by atoms with E-state index in [2.05, 4.69) is 27.3 Å². The van der Waals surface area contributed by atoms with Gasteiger partial charge in [-0.3, -0.25) is 9.89 Å². The summed E-state index contributed by atoms with van der Waals surface area (Å²) in [5, 5.41) is 3.16. The molecule has 26 heavy (non-hydrogen) atoms. The largest absolute Gasteiger partial charge is 0.497 e. The van der Waals surface area contributed by atoms with Crippen LogP contribution in [0.4, 0.5) is 5.69 Å². The van der Waals surface area contributed by atoms with Crippen LogP contribution >= 0.6 is 0 Å². The highest BCUT2D eigenvalue weighted by molar-refractivity contribution is 5.92. The molecule has 2 aromatic carbocycles. The maximum atomic E-state index is 6.11. The number of guanidine groups is 1. The predicted molar refractivity (Wildman–Crippen MR) is 108 cm³/mol. The lowest BCUT2D eigenvalue weighted by molar-refractivity contribution is 0.168. The summed E-state index contributed by atoms with van der Waals surface area (Å²) < 4.78 is 5.29. The van der Waals surface area contributed by atoms with E-state index in [-0.39, 0.29) is 6.04 Å². The minimum absolute atomic E-state index is 0.234. The van der Waals surface area contributed by atoms with Crippen LogP contribution in [-0.2, 0) is 0 Å². The Morgan fingerprint density at radius 3 is 2.42 bits per heavy atom. The number of rotatable bonds is 6. The van der Waals surface area contributed by atoms with Crippen LogP contribution < -0.4 is 15.8 Å². The van der Waals surface area contributed by atoms with Crippen LogP contribution in [0, 0.1) is 0 Å². The fourth-order valence-corrected chi connectivity index (χ4v) is 3.38. The molecule has 0 aliphatic carbocycles. The summed E-state index contributed by atoms with van der Waals surface area (Å²) in [5.41, 5.74) is 8.31. The van der Waals surface area contributed by atoms with Crippen molar-refractivity contribution in [2.24, 2.45) is 10.7 Å². The first-order valence-electron chi connectivity index (χ1n) is 9.26. The first-order valence-corrected chi connectivity index (χ1v) is 9.26. The molecule has 5 nitrogen and oxygen atoms in total. The summed E-state index contributed by atoms with van der Waals surface area (Å²) in [6, 6.07) is 18.4. The molecule has 1 atom stereocenters. The van der Waals surface area contributed by atoms with Crippen molar-refractivity contribution in [3.05, 3.63) is 60.2 Å². The lowest BCUT2D eigenvalue weighted by Gasteiger charge is -2.34. The van der Waals surface area contributed by atoms with E-state index >= 15 is 0 Å². The highest BCUT2D eigenvalue weighted by Crippen LogP contribution is 2.26. The number of nitrogens with one attached hydrogen (secondary N) is 1. The third-order valence-electron chi connectivity index (χ3n) is 4.81. The molecule has 1 aliphatic heterocycles. The number of aliphatic imine (C=N–C) groups is 1. The number of hydrogen-bond acceptors (Lipinski definition) is 3. The quantitative estimate of drug-likeness (QED) is 0.615. The number of para-hydroxylation sites is 1.